The fraction of sp³-hybridized carbons (Fsp3) is 0.421. The number of carboxylic acid groups (broad SMARTS) is 1. The van der Waals surface area contributed by atoms with Crippen LogP contribution in [0.2, 0.25) is 0 Å². The summed E-state index contributed by atoms with van der Waals surface area (Å²) < 4.78 is 19.9. The van der Waals surface area contributed by atoms with Crippen molar-refractivity contribution >= 4 is 29.3 Å². The summed E-state index contributed by atoms with van der Waals surface area (Å²) in [5.41, 5.74) is 1.64. The Morgan fingerprint density at radius 1 is 1.36 bits per heavy atom. The van der Waals surface area contributed by atoms with Crippen molar-refractivity contribution in [3.05, 3.63) is 35.7 Å². The van der Waals surface area contributed by atoms with Gasteiger partial charge in [0.05, 0.1) is 24.5 Å². The topological polar surface area (TPSA) is 99.2 Å². The van der Waals surface area contributed by atoms with Crippen molar-refractivity contribution in [3.8, 4) is 0 Å². The summed E-state index contributed by atoms with van der Waals surface area (Å²) in [6.45, 7) is 2.87. The number of carbonyl (C=O) groups is 3. The first-order valence-electron chi connectivity index (χ1n) is 9.03. The molecule has 2 aliphatic heterocycles. The Balaban J connectivity index is 1.65. The molecule has 2 N–H and O–H groups in total. The summed E-state index contributed by atoms with van der Waals surface area (Å²) in [6.07, 6.45) is 1.28. The normalized spacial score (nSPS) is 19.4. The molecule has 0 radical (unpaired) electrons. The molecule has 2 saturated heterocycles. The van der Waals surface area contributed by atoms with E-state index in [-0.39, 0.29) is 19.0 Å². The summed E-state index contributed by atoms with van der Waals surface area (Å²) in [4.78, 5) is 37.0. The van der Waals surface area contributed by atoms with Crippen LogP contribution in [0.25, 0.3) is 0 Å². The summed E-state index contributed by atoms with van der Waals surface area (Å²) >= 11 is 0. The van der Waals surface area contributed by atoms with Crippen molar-refractivity contribution in [3.63, 3.8) is 0 Å². The Kier molecular flexibility index (Phi) is 5.81. The smallest absolute Gasteiger partial charge is 0.414 e. The molecule has 28 heavy (non-hydrogen) atoms. The number of nitrogens with one attached hydrogen (secondary N) is 1. The van der Waals surface area contributed by atoms with Crippen LogP contribution in [0, 0.1) is 5.82 Å². The minimum Gasteiger partial charge on any atom is -0.478 e. The van der Waals surface area contributed by atoms with Gasteiger partial charge in [-0.05, 0) is 31.0 Å². The highest BCUT2D eigenvalue weighted by Crippen LogP contribution is 2.30. The first-order valence-corrected chi connectivity index (χ1v) is 9.03. The number of carbonyl (C=O) groups excluding carboxylic acids is 2. The average molecular weight is 391 g/mol. The van der Waals surface area contributed by atoms with E-state index in [1.54, 1.807) is 12.1 Å². The van der Waals surface area contributed by atoms with Crippen LogP contribution in [0.1, 0.15) is 19.8 Å². The van der Waals surface area contributed by atoms with E-state index in [1.165, 1.54) is 24.0 Å². The van der Waals surface area contributed by atoms with Gasteiger partial charge in [-0.15, -0.1) is 0 Å². The first kappa shape index (κ1) is 19.7. The SMILES string of the molecule is CC(=O)NC[C@H]1CN(c2ccc(N3CCC(=CC(=O)O)CC3)c(F)c2)C(=O)O1. The lowest BCUT2D eigenvalue weighted by atomic mass is 10.0. The van der Waals surface area contributed by atoms with Crippen molar-refractivity contribution in [1.82, 2.24) is 5.32 Å². The molecule has 150 valence electrons. The largest absolute Gasteiger partial charge is 0.478 e. The van der Waals surface area contributed by atoms with Gasteiger partial charge in [0.1, 0.15) is 11.9 Å². The Hall–Kier alpha value is -3.10. The highest BCUT2D eigenvalue weighted by molar-refractivity contribution is 5.90. The minimum atomic E-state index is -0.965. The Labute approximate surface area is 161 Å². The molecular weight excluding hydrogens is 369 g/mol. The number of nitrogens with zero attached hydrogens (tertiary/aromatic N) is 2. The van der Waals surface area contributed by atoms with Gasteiger partial charge in [0, 0.05) is 26.1 Å². The molecule has 0 aliphatic carbocycles. The van der Waals surface area contributed by atoms with Gasteiger partial charge in [-0.3, -0.25) is 9.69 Å². The number of benzene rings is 1. The fourth-order valence-corrected chi connectivity index (χ4v) is 3.37. The lowest BCUT2D eigenvalue weighted by molar-refractivity contribution is -0.131. The Morgan fingerprint density at radius 2 is 2.07 bits per heavy atom. The second kappa shape index (κ2) is 8.28. The molecular formula is C19H22FN3O5. The maximum atomic E-state index is 14.7. The first-order chi connectivity index (χ1) is 13.3. The van der Waals surface area contributed by atoms with E-state index in [0.717, 1.165) is 5.57 Å². The van der Waals surface area contributed by atoms with Crippen LogP contribution in [0.5, 0.6) is 0 Å². The molecule has 8 nitrogen and oxygen atoms in total. The average Bonchev–Trinajstić information content (AvgIpc) is 3.01. The van der Waals surface area contributed by atoms with Crippen LogP contribution in [-0.4, -0.2) is 55.4 Å². The number of hydrogen-bond acceptors (Lipinski definition) is 5. The molecule has 0 bridgehead atoms. The van der Waals surface area contributed by atoms with Crippen LogP contribution in [0.15, 0.2) is 29.8 Å². The number of carboxylic acids is 1. The molecule has 0 unspecified atom stereocenters. The number of ether oxygens (including phenoxy) is 1. The molecule has 1 atom stereocenters. The third-order valence-corrected chi connectivity index (χ3v) is 4.77. The van der Waals surface area contributed by atoms with Crippen LogP contribution in [0.4, 0.5) is 20.6 Å². The lowest BCUT2D eigenvalue weighted by Gasteiger charge is -2.30. The highest BCUT2D eigenvalue weighted by Gasteiger charge is 2.33. The Bertz CT molecular complexity index is 816. The van der Waals surface area contributed by atoms with Crippen LogP contribution < -0.4 is 15.1 Å². The standard InChI is InChI=1S/C19H22FN3O5/c1-12(24)21-10-15-11-23(19(27)28-15)14-2-3-17(16(20)9-14)22-6-4-13(5-7-22)8-18(25)26/h2-3,8-9,15H,4-7,10-11H2,1H3,(H,21,24)(H,25,26)/t15-/m0/s1. The Morgan fingerprint density at radius 3 is 2.68 bits per heavy atom. The maximum Gasteiger partial charge on any atom is 0.414 e. The number of cyclic esters (lactones) is 1. The molecule has 1 aromatic rings. The predicted molar refractivity (Wildman–Crippen MR) is 99.9 cm³/mol. The summed E-state index contributed by atoms with van der Waals surface area (Å²) in [6, 6.07) is 4.56. The van der Waals surface area contributed by atoms with Gasteiger partial charge in [-0.25, -0.2) is 14.0 Å². The van der Waals surface area contributed by atoms with Gasteiger partial charge in [-0.2, -0.15) is 0 Å². The van der Waals surface area contributed by atoms with E-state index in [4.69, 9.17) is 9.84 Å². The van der Waals surface area contributed by atoms with Gasteiger partial charge in [0.15, 0.2) is 0 Å². The van der Waals surface area contributed by atoms with E-state index >= 15 is 0 Å². The van der Waals surface area contributed by atoms with Crippen LogP contribution in [-0.2, 0) is 14.3 Å². The van der Waals surface area contributed by atoms with E-state index in [9.17, 15) is 18.8 Å². The number of anilines is 2. The zero-order chi connectivity index (χ0) is 20.3. The van der Waals surface area contributed by atoms with Gasteiger partial charge < -0.3 is 20.1 Å². The van der Waals surface area contributed by atoms with E-state index in [1.807, 2.05) is 4.90 Å². The molecule has 0 spiro atoms. The second-order valence-electron chi connectivity index (χ2n) is 6.82. The van der Waals surface area contributed by atoms with Gasteiger partial charge in [0.25, 0.3) is 0 Å². The molecule has 2 amide bonds. The summed E-state index contributed by atoms with van der Waals surface area (Å²) in [5.74, 6) is -1.64. The third-order valence-electron chi connectivity index (χ3n) is 4.77. The van der Waals surface area contributed by atoms with Gasteiger partial charge in [-0.1, -0.05) is 5.57 Å². The quantitative estimate of drug-likeness (QED) is 0.744. The number of hydrogen-bond donors (Lipinski definition) is 2. The number of aliphatic carboxylic acids is 1. The number of piperidine rings is 1. The van der Waals surface area contributed by atoms with E-state index < -0.39 is 24.0 Å². The van der Waals surface area contributed by atoms with Crippen LogP contribution >= 0.6 is 0 Å². The summed E-state index contributed by atoms with van der Waals surface area (Å²) in [5, 5.41) is 11.4. The molecule has 2 heterocycles. The number of halogens is 1. The van der Waals surface area contributed by atoms with Crippen molar-refractivity contribution < 1.29 is 28.6 Å². The fourth-order valence-electron chi connectivity index (χ4n) is 3.37. The molecule has 0 saturated carbocycles. The highest BCUT2D eigenvalue weighted by atomic mass is 19.1. The second-order valence-corrected chi connectivity index (χ2v) is 6.82. The van der Waals surface area contributed by atoms with Crippen molar-refractivity contribution in [2.45, 2.75) is 25.9 Å². The number of amides is 2. The third kappa shape index (κ3) is 4.59. The van der Waals surface area contributed by atoms with Crippen molar-refractivity contribution in [2.24, 2.45) is 0 Å². The van der Waals surface area contributed by atoms with Crippen molar-refractivity contribution in [1.29, 1.82) is 0 Å². The molecule has 2 aliphatic rings. The maximum absolute atomic E-state index is 14.7. The van der Waals surface area contributed by atoms with Crippen LogP contribution in [0.3, 0.4) is 0 Å². The molecule has 1 aromatic carbocycles. The van der Waals surface area contributed by atoms with E-state index in [2.05, 4.69) is 5.32 Å². The van der Waals surface area contributed by atoms with Gasteiger partial charge in [0.2, 0.25) is 5.91 Å². The number of rotatable bonds is 5. The lowest BCUT2D eigenvalue weighted by Crippen LogP contribution is -2.33. The minimum absolute atomic E-state index is 0.206. The molecule has 3 rings (SSSR count). The zero-order valence-corrected chi connectivity index (χ0v) is 15.5. The molecule has 0 aromatic heterocycles. The zero-order valence-electron chi connectivity index (χ0n) is 15.5. The predicted octanol–water partition coefficient (Wildman–Crippen LogP) is 1.90. The monoisotopic (exact) mass is 391 g/mol. The van der Waals surface area contributed by atoms with Crippen molar-refractivity contribution in [2.75, 3.05) is 36.0 Å². The summed E-state index contributed by atoms with van der Waals surface area (Å²) in [7, 11) is 0. The molecule has 9 heteroatoms. The molecule has 2 fully saturated rings. The van der Waals surface area contributed by atoms with E-state index in [0.29, 0.717) is 37.3 Å². The van der Waals surface area contributed by atoms with Gasteiger partial charge >= 0.3 is 12.1 Å².